The minimum atomic E-state index is -0.0640. The number of unbranched alkanes of at least 4 members (excludes halogenated alkanes) is 2. The molecule has 0 radical (unpaired) electrons. The number of carbonyl (C=O) groups is 1. The molecular formula is C11H16ClNO2. The second-order valence-corrected chi connectivity index (χ2v) is 3.83. The molecule has 0 N–H and O–H groups in total. The second kappa shape index (κ2) is 6.51. The zero-order valence-electron chi connectivity index (χ0n) is 8.91. The van der Waals surface area contributed by atoms with Gasteiger partial charge in [-0.05, 0) is 25.0 Å². The van der Waals surface area contributed by atoms with Gasteiger partial charge in [-0.25, -0.2) is 0 Å². The van der Waals surface area contributed by atoms with Crippen molar-refractivity contribution in [2.75, 3.05) is 19.5 Å². The Morgan fingerprint density at radius 2 is 2.27 bits per heavy atom. The van der Waals surface area contributed by atoms with Crippen LogP contribution < -0.4 is 0 Å². The topological polar surface area (TPSA) is 33.5 Å². The summed E-state index contributed by atoms with van der Waals surface area (Å²) in [5, 5.41) is 0. The van der Waals surface area contributed by atoms with Gasteiger partial charge >= 0.3 is 0 Å². The molecular weight excluding hydrogens is 214 g/mol. The largest absolute Gasteiger partial charge is 0.459 e. The Bertz CT molecular complexity index is 285. The number of amides is 1. The maximum absolute atomic E-state index is 11.7. The molecule has 3 nitrogen and oxygen atoms in total. The van der Waals surface area contributed by atoms with Gasteiger partial charge < -0.3 is 9.32 Å². The van der Waals surface area contributed by atoms with E-state index in [-0.39, 0.29) is 5.91 Å². The molecule has 1 aromatic rings. The number of nitrogens with zero attached hydrogens (tertiary/aromatic N) is 1. The highest BCUT2D eigenvalue weighted by Crippen LogP contribution is 2.06. The van der Waals surface area contributed by atoms with Crippen LogP contribution in [-0.4, -0.2) is 30.3 Å². The summed E-state index contributed by atoms with van der Waals surface area (Å²) in [6.45, 7) is 0.746. The number of hydrogen-bond donors (Lipinski definition) is 0. The average molecular weight is 230 g/mol. The molecule has 0 spiro atoms. The lowest BCUT2D eigenvalue weighted by Crippen LogP contribution is -2.27. The van der Waals surface area contributed by atoms with Crippen molar-refractivity contribution in [3.05, 3.63) is 24.2 Å². The maximum atomic E-state index is 11.7. The van der Waals surface area contributed by atoms with Crippen molar-refractivity contribution >= 4 is 17.5 Å². The van der Waals surface area contributed by atoms with Crippen LogP contribution in [0.3, 0.4) is 0 Å². The summed E-state index contributed by atoms with van der Waals surface area (Å²) < 4.78 is 5.03. The second-order valence-electron chi connectivity index (χ2n) is 3.45. The number of hydrogen-bond acceptors (Lipinski definition) is 2. The Morgan fingerprint density at radius 1 is 1.47 bits per heavy atom. The normalized spacial score (nSPS) is 10.3. The van der Waals surface area contributed by atoms with Gasteiger partial charge in [0.05, 0.1) is 6.26 Å². The van der Waals surface area contributed by atoms with Gasteiger partial charge in [0, 0.05) is 19.5 Å². The highest BCUT2D eigenvalue weighted by atomic mass is 35.5. The third-order valence-corrected chi connectivity index (χ3v) is 2.47. The van der Waals surface area contributed by atoms with Crippen LogP contribution >= 0.6 is 11.6 Å². The third kappa shape index (κ3) is 3.96. The van der Waals surface area contributed by atoms with Gasteiger partial charge in [-0.15, -0.1) is 11.6 Å². The fourth-order valence-corrected chi connectivity index (χ4v) is 1.50. The molecule has 15 heavy (non-hydrogen) atoms. The van der Waals surface area contributed by atoms with Crippen molar-refractivity contribution in [1.29, 1.82) is 0 Å². The summed E-state index contributed by atoms with van der Waals surface area (Å²) in [6.07, 6.45) is 4.55. The van der Waals surface area contributed by atoms with Gasteiger partial charge in [-0.3, -0.25) is 4.79 Å². The van der Waals surface area contributed by atoms with Crippen molar-refractivity contribution in [2.24, 2.45) is 0 Å². The van der Waals surface area contributed by atoms with E-state index in [4.69, 9.17) is 16.0 Å². The molecule has 0 aliphatic rings. The number of carbonyl (C=O) groups excluding carboxylic acids is 1. The molecule has 1 amide bonds. The Balaban J connectivity index is 2.28. The number of halogens is 1. The lowest BCUT2D eigenvalue weighted by Gasteiger charge is -2.15. The van der Waals surface area contributed by atoms with Gasteiger partial charge in [0.25, 0.3) is 5.91 Å². The lowest BCUT2D eigenvalue weighted by molar-refractivity contribution is 0.0761. The molecule has 0 fully saturated rings. The van der Waals surface area contributed by atoms with Crippen LogP contribution in [0.4, 0.5) is 0 Å². The summed E-state index contributed by atoms with van der Waals surface area (Å²) >= 11 is 5.57. The van der Waals surface area contributed by atoms with Crippen LogP contribution in [0.2, 0.25) is 0 Å². The summed E-state index contributed by atoms with van der Waals surface area (Å²) in [4.78, 5) is 13.3. The molecule has 0 atom stereocenters. The van der Waals surface area contributed by atoms with Gasteiger partial charge in [-0.1, -0.05) is 6.42 Å². The average Bonchev–Trinajstić information content (AvgIpc) is 2.76. The van der Waals surface area contributed by atoms with Gasteiger partial charge in [0.1, 0.15) is 0 Å². The third-order valence-electron chi connectivity index (χ3n) is 2.21. The fraction of sp³-hybridized carbons (Fsp3) is 0.545. The Kier molecular flexibility index (Phi) is 5.26. The standard InChI is InChI=1S/C11H16ClNO2/c1-13(8-4-2-3-7-12)11(14)10-6-5-9-15-10/h5-6,9H,2-4,7-8H2,1H3. The summed E-state index contributed by atoms with van der Waals surface area (Å²) in [6, 6.07) is 3.40. The predicted octanol–water partition coefficient (Wildman–Crippen LogP) is 2.76. The smallest absolute Gasteiger partial charge is 0.289 e. The van der Waals surface area contributed by atoms with Crippen molar-refractivity contribution in [2.45, 2.75) is 19.3 Å². The summed E-state index contributed by atoms with van der Waals surface area (Å²) in [5.74, 6) is 1.02. The molecule has 1 rings (SSSR count). The van der Waals surface area contributed by atoms with Crippen LogP contribution in [0.1, 0.15) is 29.8 Å². The molecule has 0 aromatic carbocycles. The molecule has 4 heteroatoms. The van der Waals surface area contributed by atoms with Gasteiger partial charge in [0.2, 0.25) is 0 Å². The zero-order chi connectivity index (χ0) is 11.1. The maximum Gasteiger partial charge on any atom is 0.289 e. The SMILES string of the molecule is CN(CCCCCCl)C(=O)c1ccco1. The first-order valence-corrected chi connectivity index (χ1v) is 5.64. The minimum absolute atomic E-state index is 0.0640. The molecule has 0 saturated carbocycles. The molecule has 0 unspecified atom stereocenters. The van der Waals surface area contributed by atoms with Crippen molar-refractivity contribution in [1.82, 2.24) is 4.90 Å². The number of alkyl halides is 1. The molecule has 0 aliphatic heterocycles. The predicted molar refractivity (Wildman–Crippen MR) is 60.2 cm³/mol. The molecule has 84 valence electrons. The van der Waals surface area contributed by atoms with E-state index in [0.717, 1.165) is 25.8 Å². The molecule has 0 saturated heterocycles. The highest BCUT2D eigenvalue weighted by Gasteiger charge is 2.13. The van der Waals surface area contributed by atoms with E-state index in [1.165, 1.54) is 6.26 Å². The monoisotopic (exact) mass is 229 g/mol. The molecule has 1 aromatic heterocycles. The van der Waals surface area contributed by atoms with E-state index in [1.54, 1.807) is 24.1 Å². The molecule has 1 heterocycles. The van der Waals surface area contributed by atoms with E-state index in [9.17, 15) is 4.79 Å². The van der Waals surface area contributed by atoms with Crippen molar-refractivity contribution < 1.29 is 9.21 Å². The fourth-order valence-electron chi connectivity index (χ4n) is 1.31. The highest BCUT2D eigenvalue weighted by molar-refractivity contribution is 6.17. The van der Waals surface area contributed by atoms with E-state index >= 15 is 0 Å². The van der Waals surface area contributed by atoms with Crippen LogP contribution in [0, 0.1) is 0 Å². The Labute approximate surface area is 95.0 Å². The summed E-state index contributed by atoms with van der Waals surface area (Å²) in [7, 11) is 1.78. The van der Waals surface area contributed by atoms with Crippen LogP contribution in [0.5, 0.6) is 0 Å². The first-order chi connectivity index (χ1) is 7.25. The van der Waals surface area contributed by atoms with Crippen LogP contribution in [0.25, 0.3) is 0 Å². The van der Waals surface area contributed by atoms with E-state index in [1.807, 2.05) is 0 Å². The molecule has 0 bridgehead atoms. The van der Waals surface area contributed by atoms with Gasteiger partial charge in [0.15, 0.2) is 5.76 Å². The van der Waals surface area contributed by atoms with Crippen molar-refractivity contribution in [3.63, 3.8) is 0 Å². The van der Waals surface area contributed by atoms with E-state index < -0.39 is 0 Å². The minimum Gasteiger partial charge on any atom is -0.459 e. The van der Waals surface area contributed by atoms with E-state index in [2.05, 4.69) is 0 Å². The number of rotatable bonds is 6. The quantitative estimate of drug-likeness (QED) is 0.555. The Hall–Kier alpha value is -0.960. The first-order valence-electron chi connectivity index (χ1n) is 5.10. The molecule has 0 aliphatic carbocycles. The summed E-state index contributed by atoms with van der Waals surface area (Å²) in [5.41, 5.74) is 0. The Morgan fingerprint density at radius 3 is 2.87 bits per heavy atom. The number of furan rings is 1. The zero-order valence-corrected chi connectivity index (χ0v) is 9.67. The van der Waals surface area contributed by atoms with Crippen molar-refractivity contribution in [3.8, 4) is 0 Å². The van der Waals surface area contributed by atoms with Crippen LogP contribution in [0.15, 0.2) is 22.8 Å². The first kappa shape index (κ1) is 12.1. The van der Waals surface area contributed by atoms with Crippen LogP contribution in [-0.2, 0) is 0 Å². The van der Waals surface area contributed by atoms with Gasteiger partial charge in [-0.2, -0.15) is 0 Å². The lowest BCUT2D eigenvalue weighted by atomic mass is 10.2. The van der Waals surface area contributed by atoms with E-state index in [0.29, 0.717) is 11.6 Å².